The molecule has 18 heavy (non-hydrogen) atoms. The molecule has 0 bridgehead atoms. The van der Waals surface area contributed by atoms with Crippen molar-refractivity contribution in [2.45, 2.75) is 6.92 Å². The van der Waals surface area contributed by atoms with Gasteiger partial charge in [-0.1, -0.05) is 15.7 Å². The highest BCUT2D eigenvalue weighted by Gasteiger charge is 2.16. The largest absolute Gasteiger partial charge is 0.491 e. The van der Waals surface area contributed by atoms with E-state index in [1.54, 1.807) is 18.2 Å². The van der Waals surface area contributed by atoms with Crippen LogP contribution in [0.3, 0.4) is 0 Å². The van der Waals surface area contributed by atoms with Crippen LogP contribution in [0.5, 0.6) is 5.75 Å². The van der Waals surface area contributed by atoms with E-state index in [0.717, 1.165) is 11.5 Å². The summed E-state index contributed by atoms with van der Waals surface area (Å²) in [5.41, 5.74) is 6.55. The first kappa shape index (κ1) is 12.2. The van der Waals surface area contributed by atoms with E-state index in [4.69, 9.17) is 10.5 Å². The number of amides is 1. The minimum atomic E-state index is -0.357. The first-order valence-electron chi connectivity index (χ1n) is 5.20. The maximum Gasteiger partial charge on any atom is 0.261 e. The van der Waals surface area contributed by atoms with Crippen molar-refractivity contribution in [3.8, 4) is 5.75 Å². The zero-order chi connectivity index (χ0) is 13.0. The predicted octanol–water partition coefficient (Wildman–Crippen LogP) is 1.17. The van der Waals surface area contributed by atoms with Gasteiger partial charge in [-0.25, -0.2) is 0 Å². The van der Waals surface area contributed by atoms with E-state index in [1.807, 2.05) is 6.92 Å². The van der Waals surface area contributed by atoms with Crippen LogP contribution in [0.15, 0.2) is 18.2 Å². The molecule has 7 nitrogen and oxygen atoms in total. The van der Waals surface area contributed by atoms with E-state index < -0.39 is 0 Å². The van der Waals surface area contributed by atoms with E-state index in [2.05, 4.69) is 20.1 Å². The minimum absolute atomic E-state index is 0.324. The van der Waals surface area contributed by atoms with Crippen molar-refractivity contribution in [1.29, 1.82) is 0 Å². The lowest BCUT2D eigenvalue weighted by molar-refractivity contribution is 0.102. The lowest BCUT2D eigenvalue weighted by Gasteiger charge is -2.11. The molecule has 0 fully saturated rings. The van der Waals surface area contributed by atoms with Crippen molar-refractivity contribution < 1.29 is 9.53 Å². The standard InChI is InChI=1S/C10H11N5O2S/c1-2-17-8-6(4-3-5-7(8)11)9(16)12-10-13-14-15-18-10/h3-5H,2,11H2,1H3,(H,12,13,15,16). The van der Waals surface area contributed by atoms with Crippen molar-refractivity contribution in [2.75, 3.05) is 17.7 Å². The van der Waals surface area contributed by atoms with E-state index in [9.17, 15) is 4.79 Å². The number of nitrogens with two attached hydrogens (primary N) is 1. The van der Waals surface area contributed by atoms with Gasteiger partial charge in [-0.2, -0.15) is 0 Å². The van der Waals surface area contributed by atoms with Gasteiger partial charge in [0.25, 0.3) is 5.91 Å². The molecule has 1 aromatic heterocycles. The molecule has 0 unspecified atom stereocenters. The lowest BCUT2D eigenvalue weighted by Crippen LogP contribution is -2.14. The fourth-order valence-corrected chi connectivity index (χ4v) is 1.75. The Hall–Kier alpha value is -2.22. The first-order valence-corrected chi connectivity index (χ1v) is 5.97. The molecule has 0 aliphatic heterocycles. The summed E-state index contributed by atoms with van der Waals surface area (Å²) in [5.74, 6) is 0.0132. The van der Waals surface area contributed by atoms with Crippen molar-refractivity contribution in [3.05, 3.63) is 23.8 Å². The molecule has 0 spiro atoms. The Balaban J connectivity index is 2.26. The smallest absolute Gasteiger partial charge is 0.261 e. The van der Waals surface area contributed by atoms with Gasteiger partial charge in [-0.15, -0.1) is 0 Å². The molecule has 0 saturated carbocycles. The molecule has 1 amide bonds. The maximum atomic E-state index is 12.0. The molecule has 0 radical (unpaired) electrons. The van der Waals surface area contributed by atoms with Crippen LogP contribution in [0.2, 0.25) is 0 Å². The quantitative estimate of drug-likeness (QED) is 0.804. The predicted molar refractivity (Wildman–Crippen MR) is 67.7 cm³/mol. The summed E-state index contributed by atoms with van der Waals surface area (Å²) < 4.78 is 8.93. The molecule has 2 aromatic rings. The maximum absolute atomic E-state index is 12.0. The van der Waals surface area contributed by atoms with Gasteiger partial charge < -0.3 is 10.5 Å². The molecular formula is C10H11N5O2S. The third-order valence-corrected chi connectivity index (χ3v) is 2.61. The summed E-state index contributed by atoms with van der Waals surface area (Å²) in [6.07, 6.45) is 0. The monoisotopic (exact) mass is 265 g/mol. The zero-order valence-electron chi connectivity index (χ0n) is 9.58. The number of para-hydroxylation sites is 1. The molecule has 0 atom stereocenters. The van der Waals surface area contributed by atoms with Gasteiger partial charge in [0.15, 0.2) is 5.75 Å². The van der Waals surface area contributed by atoms with Crippen LogP contribution in [-0.4, -0.2) is 27.3 Å². The summed E-state index contributed by atoms with van der Waals surface area (Å²) in [6, 6.07) is 4.99. The Morgan fingerprint density at radius 2 is 2.39 bits per heavy atom. The number of hydrogen-bond acceptors (Lipinski definition) is 7. The highest BCUT2D eigenvalue weighted by atomic mass is 32.1. The van der Waals surface area contributed by atoms with Gasteiger partial charge in [0.05, 0.1) is 17.9 Å². The van der Waals surface area contributed by atoms with Gasteiger partial charge in [0, 0.05) is 11.5 Å². The van der Waals surface area contributed by atoms with Crippen LogP contribution in [-0.2, 0) is 0 Å². The highest BCUT2D eigenvalue weighted by Crippen LogP contribution is 2.27. The summed E-state index contributed by atoms with van der Waals surface area (Å²) in [4.78, 5) is 12.0. The van der Waals surface area contributed by atoms with Crippen LogP contribution >= 0.6 is 11.5 Å². The fraction of sp³-hybridized carbons (Fsp3) is 0.200. The summed E-state index contributed by atoms with van der Waals surface area (Å²) >= 11 is 0.993. The highest BCUT2D eigenvalue weighted by molar-refractivity contribution is 7.09. The zero-order valence-corrected chi connectivity index (χ0v) is 10.4. The Bertz CT molecular complexity index is 543. The molecule has 0 aliphatic rings. The topological polar surface area (TPSA) is 103 Å². The van der Waals surface area contributed by atoms with E-state index in [-0.39, 0.29) is 5.91 Å². The fourth-order valence-electron chi connectivity index (χ4n) is 1.39. The number of nitrogens with one attached hydrogen (secondary N) is 1. The van der Waals surface area contributed by atoms with E-state index >= 15 is 0 Å². The van der Waals surface area contributed by atoms with E-state index in [0.29, 0.717) is 28.7 Å². The van der Waals surface area contributed by atoms with Crippen LogP contribution in [0.4, 0.5) is 10.8 Å². The number of carbonyl (C=O) groups is 1. The van der Waals surface area contributed by atoms with E-state index in [1.165, 1.54) is 0 Å². The number of nitrogen functional groups attached to an aromatic ring is 1. The Kier molecular flexibility index (Phi) is 3.68. The number of rotatable bonds is 4. The second-order valence-corrected chi connectivity index (χ2v) is 4.01. The average Bonchev–Trinajstić information content (AvgIpc) is 2.84. The van der Waals surface area contributed by atoms with Crippen molar-refractivity contribution in [1.82, 2.24) is 14.8 Å². The van der Waals surface area contributed by atoms with Crippen LogP contribution < -0.4 is 15.8 Å². The number of benzene rings is 1. The normalized spacial score (nSPS) is 10.1. The number of nitrogens with zero attached hydrogens (tertiary/aromatic N) is 3. The molecule has 0 saturated heterocycles. The second kappa shape index (κ2) is 5.41. The number of aromatic nitrogens is 3. The molecular weight excluding hydrogens is 254 g/mol. The third-order valence-electron chi connectivity index (χ3n) is 2.10. The SMILES string of the molecule is CCOc1c(N)cccc1C(=O)Nc1nnns1. The van der Waals surface area contributed by atoms with Gasteiger partial charge in [-0.05, 0) is 24.3 Å². The molecule has 8 heteroatoms. The number of hydrogen-bond donors (Lipinski definition) is 2. The molecule has 94 valence electrons. The van der Waals surface area contributed by atoms with Gasteiger partial charge >= 0.3 is 0 Å². The van der Waals surface area contributed by atoms with Gasteiger partial charge in [-0.3, -0.25) is 10.1 Å². The minimum Gasteiger partial charge on any atom is -0.491 e. The number of anilines is 2. The summed E-state index contributed by atoms with van der Waals surface area (Å²) in [7, 11) is 0. The summed E-state index contributed by atoms with van der Waals surface area (Å²) in [6.45, 7) is 2.25. The van der Waals surface area contributed by atoms with Crippen molar-refractivity contribution in [2.24, 2.45) is 0 Å². The number of ether oxygens (including phenoxy) is 1. The molecule has 3 N–H and O–H groups in total. The van der Waals surface area contributed by atoms with Crippen LogP contribution in [0.25, 0.3) is 0 Å². The Morgan fingerprint density at radius 3 is 3.06 bits per heavy atom. The van der Waals surface area contributed by atoms with Gasteiger partial charge in [0.2, 0.25) is 5.13 Å². The van der Waals surface area contributed by atoms with Gasteiger partial charge in [0.1, 0.15) is 0 Å². The van der Waals surface area contributed by atoms with Crippen LogP contribution in [0, 0.1) is 0 Å². The Morgan fingerprint density at radius 1 is 1.56 bits per heavy atom. The Labute approximate surface area is 107 Å². The first-order chi connectivity index (χ1) is 8.72. The molecule has 0 aliphatic carbocycles. The number of carbonyl (C=O) groups excluding carboxylic acids is 1. The summed E-state index contributed by atoms with van der Waals surface area (Å²) in [5, 5.41) is 9.92. The average molecular weight is 265 g/mol. The molecule has 2 rings (SSSR count). The van der Waals surface area contributed by atoms with Crippen molar-refractivity contribution in [3.63, 3.8) is 0 Å². The van der Waals surface area contributed by atoms with Crippen LogP contribution in [0.1, 0.15) is 17.3 Å². The third kappa shape index (κ3) is 2.54. The lowest BCUT2D eigenvalue weighted by atomic mass is 10.1. The van der Waals surface area contributed by atoms with Crippen molar-refractivity contribution >= 4 is 28.3 Å². The molecule has 1 aromatic carbocycles. The second-order valence-electron chi connectivity index (χ2n) is 3.28. The molecule has 1 heterocycles.